The number of hydrogen-bond donors (Lipinski definition) is 1. The number of fused-ring (bicyclic) bond motifs is 1. The molecule has 1 aromatic heterocycles. The van der Waals surface area contributed by atoms with Crippen molar-refractivity contribution in [1.29, 1.82) is 0 Å². The van der Waals surface area contributed by atoms with Gasteiger partial charge in [0.15, 0.2) is 0 Å². The zero-order valence-electron chi connectivity index (χ0n) is 10.2. The van der Waals surface area contributed by atoms with Gasteiger partial charge in [0, 0.05) is 10.9 Å². The molecule has 0 radical (unpaired) electrons. The first-order valence-electron chi connectivity index (χ1n) is 6.01. The minimum Gasteiger partial charge on any atom is -0.354 e. The molecule has 2 aromatic carbocycles. The molecular formula is C16H14N2. The fraction of sp³-hybridized carbons (Fsp3) is 0.0625. The van der Waals surface area contributed by atoms with E-state index in [1.807, 2.05) is 42.6 Å². The van der Waals surface area contributed by atoms with Crippen molar-refractivity contribution in [3.8, 4) is 0 Å². The van der Waals surface area contributed by atoms with Crippen LogP contribution >= 0.6 is 0 Å². The van der Waals surface area contributed by atoms with Crippen LogP contribution in [0, 0.1) is 6.92 Å². The van der Waals surface area contributed by atoms with Gasteiger partial charge in [-0.3, -0.25) is 4.99 Å². The third-order valence-electron chi connectivity index (χ3n) is 3.10. The van der Waals surface area contributed by atoms with Crippen molar-refractivity contribution in [2.75, 3.05) is 0 Å². The number of nitrogens with one attached hydrogen (secondary N) is 1. The smallest absolute Gasteiger partial charge is 0.0630 e. The Bertz CT molecular complexity index is 693. The highest BCUT2D eigenvalue weighted by molar-refractivity contribution is 5.94. The molecule has 0 bridgehead atoms. The van der Waals surface area contributed by atoms with Gasteiger partial charge >= 0.3 is 0 Å². The Morgan fingerprint density at radius 3 is 2.44 bits per heavy atom. The second-order valence-electron chi connectivity index (χ2n) is 4.30. The maximum atomic E-state index is 4.48. The molecule has 0 atom stereocenters. The number of H-pyrrole nitrogens is 1. The fourth-order valence-corrected chi connectivity index (χ4v) is 2.09. The van der Waals surface area contributed by atoms with Gasteiger partial charge in [0.1, 0.15) is 0 Å². The van der Waals surface area contributed by atoms with E-state index in [2.05, 4.69) is 35.1 Å². The van der Waals surface area contributed by atoms with Crippen LogP contribution in [0.2, 0.25) is 0 Å². The minimum atomic E-state index is 0.968. The predicted molar refractivity (Wildman–Crippen MR) is 76.7 cm³/mol. The molecule has 0 unspecified atom stereocenters. The summed E-state index contributed by atoms with van der Waals surface area (Å²) < 4.78 is 0. The van der Waals surface area contributed by atoms with E-state index in [9.17, 15) is 0 Å². The van der Waals surface area contributed by atoms with E-state index >= 15 is 0 Å². The maximum Gasteiger partial charge on any atom is 0.0630 e. The molecule has 1 heterocycles. The molecule has 0 amide bonds. The average molecular weight is 234 g/mol. The van der Waals surface area contributed by atoms with Gasteiger partial charge in [0.2, 0.25) is 0 Å². The van der Waals surface area contributed by atoms with E-state index in [-0.39, 0.29) is 0 Å². The SMILES string of the molecule is Cc1c(C=Nc2ccccc2)[nH]c2ccccc12. The Morgan fingerprint density at radius 2 is 1.67 bits per heavy atom. The highest BCUT2D eigenvalue weighted by Gasteiger charge is 2.04. The number of aryl methyl sites for hydroxylation is 1. The number of nitrogens with zero attached hydrogens (tertiary/aromatic N) is 1. The highest BCUT2D eigenvalue weighted by atomic mass is 14.8. The van der Waals surface area contributed by atoms with Gasteiger partial charge in [-0.25, -0.2) is 0 Å². The van der Waals surface area contributed by atoms with E-state index in [0.717, 1.165) is 16.9 Å². The largest absolute Gasteiger partial charge is 0.354 e. The fourth-order valence-electron chi connectivity index (χ4n) is 2.09. The Balaban J connectivity index is 2.00. The van der Waals surface area contributed by atoms with Gasteiger partial charge in [-0.1, -0.05) is 36.4 Å². The number of para-hydroxylation sites is 2. The zero-order valence-corrected chi connectivity index (χ0v) is 10.2. The molecule has 88 valence electrons. The normalized spacial score (nSPS) is 11.4. The lowest BCUT2D eigenvalue weighted by atomic mass is 10.1. The van der Waals surface area contributed by atoms with E-state index in [1.165, 1.54) is 10.9 Å². The second kappa shape index (κ2) is 4.49. The zero-order chi connectivity index (χ0) is 12.4. The van der Waals surface area contributed by atoms with Crippen molar-refractivity contribution < 1.29 is 0 Å². The van der Waals surface area contributed by atoms with Crippen LogP contribution in [0.25, 0.3) is 10.9 Å². The molecule has 3 rings (SSSR count). The summed E-state index contributed by atoms with van der Waals surface area (Å²) in [5.74, 6) is 0. The van der Waals surface area contributed by atoms with Crippen LogP contribution in [0.5, 0.6) is 0 Å². The van der Waals surface area contributed by atoms with Gasteiger partial charge in [0.05, 0.1) is 17.6 Å². The maximum absolute atomic E-state index is 4.48. The van der Waals surface area contributed by atoms with Gasteiger partial charge < -0.3 is 4.98 Å². The summed E-state index contributed by atoms with van der Waals surface area (Å²) in [5, 5.41) is 1.26. The van der Waals surface area contributed by atoms with Crippen molar-refractivity contribution in [3.05, 3.63) is 65.9 Å². The number of aromatic nitrogens is 1. The average Bonchev–Trinajstić information content (AvgIpc) is 2.75. The third kappa shape index (κ3) is 1.93. The highest BCUT2D eigenvalue weighted by Crippen LogP contribution is 2.20. The summed E-state index contributed by atoms with van der Waals surface area (Å²) in [5.41, 5.74) is 4.44. The second-order valence-corrected chi connectivity index (χ2v) is 4.30. The third-order valence-corrected chi connectivity index (χ3v) is 3.10. The molecule has 2 nitrogen and oxygen atoms in total. The lowest BCUT2D eigenvalue weighted by Crippen LogP contribution is -1.83. The van der Waals surface area contributed by atoms with E-state index in [0.29, 0.717) is 0 Å². The van der Waals surface area contributed by atoms with Crippen LogP contribution in [0.1, 0.15) is 11.3 Å². The molecule has 18 heavy (non-hydrogen) atoms. The number of rotatable bonds is 2. The predicted octanol–water partition coefficient (Wildman–Crippen LogP) is 4.23. The van der Waals surface area contributed by atoms with Crippen molar-refractivity contribution in [2.45, 2.75) is 6.92 Å². The van der Waals surface area contributed by atoms with Crippen LogP contribution in [0.15, 0.2) is 59.6 Å². The molecule has 0 spiro atoms. The Labute approximate surface area is 106 Å². The van der Waals surface area contributed by atoms with Gasteiger partial charge in [-0.05, 0) is 30.7 Å². The van der Waals surface area contributed by atoms with Gasteiger partial charge in [0.25, 0.3) is 0 Å². The monoisotopic (exact) mass is 234 g/mol. The van der Waals surface area contributed by atoms with Gasteiger partial charge in [-0.2, -0.15) is 0 Å². The number of aliphatic imine (C=N–C) groups is 1. The van der Waals surface area contributed by atoms with Crippen molar-refractivity contribution >= 4 is 22.8 Å². The first kappa shape index (κ1) is 10.8. The standard InChI is InChI=1S/C16H14N2/c1-12-14-9-5-6-10-15(14)18-16(12)11-17-13-7-3-2-4-8-13/h2-11,18H,1H3. The first-order valence-corrected chi connectivity index (χ1v) is 6.01. The molecule has 0 aliphatic heterocycles. The minimum absolute atomic E-state index is 0.968. The molecule has 0 aliphatic carbocycles. The quantitative estimate of drug-likeness (QED) is 0.643. The Morgan fingerprint density at radius 1 is 0.944 bits per heavy atom. The van der Waals surface area contributed by atoms with Crippen molar-refractivity contribution in [2.24, 2.45) is 4.99 Å². The van der Waals surface area contributed by atoms with E-state index < -0.39 is 0 Å². The summed E-state index contributed by atoms with van der Waals surface area (Å²) >= 11 is 0. The van der Waals surface area contributed by atoms with Gasteiger partial charge in [-0.15, -0.1) is 0 Å². The summed E-state index contributed by atoms with van der Waals surface area (Å²) in [6, 6.07) is 18.3. The van der Waals surface area contributed by atoms with Crippen LogP contribution in [-0.4, -0.2) is 11.2 Å². The molecule has 1 N–H and O–H groups in total. The molecule has 0 saturated heterocycles. The molecule has 0 saturated carbocycles. The molecular weight excluding hydrogens is 220 g/mol. The molecule has 0 aliphatic rings. The number of benzene rings is 2. The van der Waals surface area contributed by atoms with Crippen LogP contribution in [0.3, 0.4) is 0 Å². The van der Waals surface area contributed by atoms with Crippen molar-refractivity contribution in [3.63, 3.8) is 0 Å². The Kier molecular flexibility index (Phi) is 2.69. The molecule has 3 aromatic rings. The van der Waals surface area contributed by atoms with Crippen molar-refractivity contribution in [1.82, 2.24) is 4.98 Å². The van der Waals surface area contributed by atoms with Crippen LogP contribution < -0.4 is 0 Å². The summed E-state index contributed by atoms with van der Waals surface area (Å²) in [4.78, 5) is 7.86. The van der Waals surface area contributed by atoms with E-state index in [1.54, 1.807) is 0 Å². The van der Waals surface area contributed by atoms with E-state index in [4.69, 9.17) is 0 Å². The summed E-state index contributed by atoms with van der Waals surface area (Å²) in [6.45, 7) is 2.12. The molecule has 0 fully saturated rings. The number of hydrogen-bond acceptors (Lipinski definition) is 1. The molecule has 2 heteroatoms. The first-order chi connectivity index (χ1) is 8.84. The lowest BCUT2D eigenvalue weighted by Gasteiger charge is -1.92. The van der Waals surface area contributed by atoms with Crippen LogP contribution in [0.4, 0.5) is 5.69 Å². The topological polar surface area (TPSA) is 28.1 Å². The lowest BCUT2D eigenvalue weighted by molar-refractivity contribution is 1.38. The number of aromatic amines is 1. The summed E-state index contributed by atoms with van der Waals surface area (Å²) in [6.07, 6.45) is 1.89. The van der Waals surface area contributed by atoms with Crippen LogP contribution in [-0.2, 0) is 0 Å². The summed E-state index contributed by atoms with van der Waals surface area (Å²) in [7, 11) is 0. The Hall–Kier alpha value is -2.35.